The Morgan fingerprint density at radius 2 is 2.15 bits per heavy atom. The first-order valence-corrected chi connectivity index (χ1v) is 7.49. The van der Waals surface area contributed by atoms with Gasteiger partial charge in [-0.25, -0.2) is 4.98 Å². The predicted molar refractivity (Wildman–Crippen MR) is 86.6 cm³/mol. The van der Waals surface area contributed by atoms with E-state index in [2.05, 4.69) is 42.2 Å². The average Bonchev–Trinajstić information content (AvgIpc) is 2.74. The van der Waals surface area contributed by atoms with Crippen LogP contribution in [0, 0.1) is 0 Å². The molecule has 0 saturated carbocycles. The highest BCUT2D eigenvalue weighted by atomic mass is 79.9. The second kappa shape index (κ2) is 6.49. The molecule has 0 atom stereocenters. The Bertz CT molecular complexity index is 580. The number of nitrogens with one attached hydrogen (secondary N) is 1. The molecule has 0 aromatic carbocycles. The van der Waals surface area contributed by atoms with E-state index in [9.17, 15) is 0 Å². The van der Waals surface area contributed by atoms with Gasteiger partial charge in [0, 0.05) is 20.3 Å². The van der Waals surface area contributed by atoms with Crippen molar-refractivity contribution >= 4 is 43.2 Å². The van der Waals surface area contributed by atoms with Crippen molar-refractivity contribution in [3.05, 3.63) is 33.2 Å². The van der Waals surface area contributed by atoms with Crippen molar-refractivity contribution in [1.29, 1.82) is 0 Å². The zero-order valence-corrected chi connectivity index (χ0v) is 14.6. The number of halogens is 2. The Labute approximate surface area is 134 Å². The minimum Gasteiger partial charge on any atom is -0.479 e. The van der Waals surface area contributed by atoms with Crippen molar-refractivity contribution in [3.8, 4) is 5.88 Å². The van der Waals surface area contributed by atoms with Gasteiger partial charge in [-0.05, 0) is 44.0 Å². The molecule has 0 aliphatic heterocycles. The fourth-order valence-corrected chi connectivity index (χ4v) is 2.44. The Morgan fingerprint density at radius 3 is 2.70 bits per heavy atom. The van der Waals surface area contributed by atoms with Crippen LogP contribution in [0.2, 0.25) is 0 Å². The smallest absolute Gasteiger partial charge is 0.239 e. The third kappa shape index (κ3) is 3.27. The molecule has 0 bridgehead atoms. The van der Waals surface area contributed by atoms with Gasteiger partial charge in [-0.1, -0.05) is 0 Å². The average molecular weight is 405 g/mol. The minimum atomic E-state index is 0.535. The summed E-state index contributed by atoms with van der Waals surface area (Å²) in [5, 5.41) is 3.31. The lowest BCUT2D eigenvalue weighted by Crippen LogP contribution is -2.13. The molecule has 108 valence electrons. The monoisotopic (exact) mass is 403 g/mol. The fraction of sp³-hybridized carbons (Fsp3) is 0.308. The van der Waals surface area contributed by atoms with E-state index in [1.165, 1.54) is 0 Å². The lowest BCUT2D eigenvalue weighted by molar-refractivity contribution is 0.399. The molecular formula is C13H15Br2N3O2. The molecule has 5 nitrogen and oxygen atoms in total. The number of aromatic nitrogens is 1. The van der Waals surface area contributed by atoms with Crippen molar-refractivity contribution in [1.82, 2.24) is 4.98 Å². The second-order valence-electron chi connectivity index (χ2n) is 4.30. The third-order valence-electron chi connectivity index (χ3n) is 2.70. The fourth-order valence-electron chi connectivity index (χ4n) is 1.78. The van der Waals surface area contributed by atoms with Crippen molar-refractivity contribution in [3.63, 3.8) is 0 Å². The van der Waals surface area contributed by atoms with Gasteiger partial charge in [0.1, 0.15) is 11.4 Å². The number of pyridine rings is 1. The molecule has 2 rings (SSSR count). The quantitative estimate of drug-likeness (QED) is 0.819. The summed E-state index contributed by atoms with van der Waals surface area (Å²) < 4.78 is 12.4. The van der Waals surface area contributed by atoms with E-state index in [1.807, 2.05) is 31.1 Å². The van der Waals surface area contributed by atoms with Crippen molar-refractivity contribution in [2.75, 3.05) is 31.4 Å². The molecule has 0 radical (unpaired) electrons. The lowest BCUT2D eigenvalue weighted by atomic mass is 10.3. The molecule has 20 heavy (non-hydrogen) atoms. The summed E-state index contributed by atoms with van der Waals surface area (Å²) in [6.07, 6.45) is 1.72. The van der Waals surface area contributed by atoms with Crippen LogP contribution in [0.1, 0.15) is 5.76 Å². The molecule has 7 heteroatoms. The van der Waals surface area contributed by atoms with E-state index in [1.54, 1.807) is 13.3 Å². The van der Waals surface area contributed by atoms with Crippen LogP contribution in [0.4, 0.5) is 11.4 Å². The molecule has 0 aliphatic carbocycles. The number of methoxy groups -OCH3 is 1. The molecule has 0 unspecified atom stereocenters. The van der Waals surface area contributed by atoms with Crippen LogP contribution in [-0.4, -0.2) is 26.2 Å². The van der Waals surface area contributed by atoms with E-state index in [0.29, 0.717) is 17.1 Å². The van der Waals surface area contributed by atoms with Crippen molar-refractivity contribution < 1.29 is 9.15 Å². The van der Waals surface area contributed by atoms with E-state index in [4.69, 9.17) is 9.15 Å². The van der Waals surface area contributed by atoms with E-state index < -0.39 is 0 Å². The van der Waals surface area contributed by atoms with Gasteiger partial charge >= 0.3 is 0 Å². The highest BCUT2D eigenvalue weighted by Crippen LogP contribution is 2.33. The Hall–Kier alpha value is -1.21. The van der Waals surface area contributed by atoms with Crippen LogP contribution in [0.3, 0.4) is 0 Å². The van der Waals surface area contributed by atoms with Crippen LogP contribution < -0.4 is 15.0 Å². The van der Waals surface area contributed by atoms with Gasteiger partial charge in [0.25, 0.3) is 0 Å². The SMILES string of the molecule is COc1nccc(N(C)C)c1NCc1cc(Br)c(Br)o1. The highest BCUT2D eigenvalue weighted by molar-refractivity contribution is 9.13. The van der Waals surface area contributed by atoms with Crippen LogP contribution in [0.15, 0.2) is 31.9 Å². The lowest BCUT2D eigenvalue weighted by Gasteiger charge is -2.19. The van der Waals surface area contributed by atoms with Crippen molar-refractivity contribution in [2.45, 2.75) is 6.54 Å². The van der Waals surface area contributed by atoms with Gasteiger partial charge in [-0.15, -0.1) is 0 Å². The highest BCUT2D eigenvalue weighted by Gasteiger charge is 2.13. The van der Waals surface area contributed by atoms with Gasteiger partial charge in [-0.3, -0.25) is 0 Å². The van der Waals surface area contributed by atoms with Crippen LogP contribution in [0.5, 0.6) is 5.88 Å². The Kier molecular flexibility index (Phi) is 4.93. The number of ether oxygens (including phenoxy) is 1. The molecule has 2 aromatic heterocycles. The molecule has 2 heterocycles. The molecule has 0 spiro atoms. The maximum absolute atomic E-state index is 5.54. The normalized spacial score (nSPS) is 10.4. The second-order valence-corrected chi connectivity index (χ2v) is 5.87. The number of hydrogen-bond donors (Lipinski definition) is 1. The van der Waals surface area contributed by atoms with Gasteiger partial charge in [0.15, 0.2) is 4.67 Å². The number of furan rings is 1. The Balaban J connectivity index is 2.23. The maximum Gasteiger partial charge on any atom is 0.239 e. The first-order valence-electron chi connectivity index (χ1n) is 5.90. The van der Waals surface area contributed by atoms with Gasteiger partial charge < -0.3 is 19.4 Å². The van der Waals surface area contributed by atoms with E-state index in [-0.39, 0.29) is 0 Å². The summed E-state index contributed by atoms with van der Waals surface area (Å²) in [5.41, 5.74) is 1.84. The number of anilines is 2. The summed E-state index contributed by atoms with van der Waals surface area (Å²) in [7, 11) is 5.55. The van der Waals surface area contributed by atoms with Crippen LogP contribution >= 0.6 is 31.9 Å². The minimum absolute atomic E-state index is 0.535. The third-order valence-corrected chi connectivity index (χ3v) is 4.42. The molecule has 0 aliphatic rings. The van der Waals surface area contributed by atoms with Crippen molar-refractivity contribution in [2.24, 2.45) is 0 Å². The number of hydrogen-bond acceptors (Lipinski definition) is 5. The van der Waals surface area contributed by atoms with Gasteiger partial charge in [0.2, 0.25) is 5.88 Å². The largest absolute Gasteiger partial charge is 0.479 e. The van der Waals surface area contributed by atoms with Gasteiger partial charge in [0.05, 0.1) is 23.8 Å². The summed E-state index contributed by atoms with van der Waals surface area (Å²) in [4.78, 5) is 6.22. The summed E-state index contributed by atoms with van der Waals surface area (Å²) in [6, 6.07) is 3.84. The standard InChI is InChI=1S/C13H15Br2N3O2/c1-18(2)10-4-5-16-13(19-3)11(10)17-7-8-6-9(14)12(15)20-8/h4-6,17H,7H2,1-3H3. The molecule has 0 saturated heterocycles. The Morgan fingerprint density at radius 1 is 1.40 bits per heavy atom. The van der Waals surface area contributed by atoms with Gasteiger partial charge in [-0.2, -0.15) is 0 Å². The zero-order chi connectivity index (χ0) is 14.7. The van der Waals surface area contributed by atoms with E-state index in [0.717, 1.165) is 21.6 Å². The summed E-state index contributed by atoms with van der Waals surface area (Å²) >= 11 is 6.72. The zero-order valence-electron chi connectivity index (χ0n) is 11.4. The first-order chi connectivity index (χ1) is 9.52. The predicted octanol–water partition coefficient (Wildman–Crippen LogP) is 3.89. The van der Waals surface area contributed by atoms with Crippen LogP contribution in [0.25, 0.3) is 0 Å². The molecule has 1 N–H and O–H groups in total. The maximum atomic E-state index is 5.54. The summed E-state index contributed by atoms with van der Waals surface area (Å²) in [5.74, 6) is 1.36. The topological polar surface area (TPSA) is 50.5 Å². The molecule has 0 fully saturated rings. The number of nitrogens with zero attached hydrogens (tertiary/aromatic N) is 2. The molecular weight excluding hydrogens is 390 g/mol. The molecule has 0 amide bonds. The van der Waals surface area contributed by atoms with E-state index >= 15 is 0 Å². The first kappa shape index (κ1) is 15.2. The number of rotatable bonds is 5. The van der Waals surface area contributed by atoms with Crippen LogP contribution in [-0.2, 0) is 6.54 Å². The molecule has 2 aromatic rings. The summed E-state index contributed by atoms with van der Waals surface area (Å²) in [6.45, 7) is 0.535.